The molecule has 1 saturated heterocycles. The molecule has 116 valence electrons. The van der Waals surface area contributed by atoms with Crippen LogP contribution in [-0.4, -0.2) is 31.2 Å². The van der Waals surface area contributed by atoms with Crippen LogP contribution in [0.15, 0.2) is 42.7 Å². The van der Waals surface area contributed by atoms with Crippen LogP contribution < -0.4 is 10.2 Å². The third kappa shape index (κ3) is 3.83. The predicted octanol–water partition coefficient (Wildman–Crippen LogP) is 3.47. The molecule has 1 N–H and O–H groups in total. The van der Waals surface area contributed by atoms with Gasteiger partial charge in [0.1, 0.15) is 5.82 Å². The highest BCUT2D eigenvalue weighted by atomic mass is 19.1. The first-order valence-corrected chi connectivity index (χ1v) is 7.99. The highest BCUT2D eigenvalue weighted by Gasteiger charge is 2.10. The number of nitrogens with one attached hydrogen (secondary N) is 1. The molecule has 1 aromatic carbocycles. The van der Waals surface area contributed by atoms with Crippen molar-refractivity contribution >= 4 is 5.69 Å². The molecule has 1 fully saturated rings. The van der Waals surface area contributed by atoms with Gasteiger partial charge >= 0.3 is 0 Å². The molecule has 22 heavy (non-hydrogen) atoms. The Morgan fingerprint density at radius 2 is 1.77 bits per heavy atom. The number of nitrogens with zero attached hydrogens (tertiary/aromatic N) is 2. The van der Waals surface area contributed by atoms with E-state index in [0.717, 1.165) is 43.0 Å². The largest absolute Gasteiger partial charge is 0.369 e. The second-order valence-electron chi connectivity index (χ2n) is 5.74. The quantitative estimate of drug-likeness (QED) is 0.920. The second kappa shape index (κ2) is 7.36. The predicted molar refractivity (Wildman–Crippen MR) is 88.6 cm³/mol. The van der Waals surface area contributed by atoms with Crippen molar-refractivity contribution in [1.82, 2.24) is 10.3 Å². The third-order valence-corrected chi connectivity index (χ3v) is 4.11. The van der Waals surface area contributed by atoms with E-state index in [9.17, 15) is 4.39 Å². The van der Waals surface area contributed by atoms with Crippen molar-refractivity contribution in [2.45, 2.75) is 19.3 Å². The fourth-order valence-corrected chi connectivity index (χ4v) is 2.84. The summed E-state index contributed by atoms with van der Waals surface area (Å²) in [5.74, 6) is -0.209. The van der Waals surface area contributed by atoms with Crippen LogP contribution in [0.5, 0.6) is 0 Å². The van der Waals surface area contributed by atoms with Crippen LogP contribution in [0.4, 0.5) is 10.1 Å². The van der Waals surface area contributed by atoms with Crippen LogP contribution in [0.25, 0.3) is 11.1 Å². The van der Waals surface area contributed by atoms with Gasteiger partial charge in [0.25, 0.3) is 0 Å². The van der Waals surface area contributed by atoms with Gasteiger partial charge in [0.2, 0.25) is 0 Å². The Hall–Kier alpha value is -1.94. The smallest absolute Gasteiger partial charge is 0.123 e. The standard InChI is InChI=1S/C18H22FN3/c19-17-6-4-15(5-7-17)16-12-18(14-21-13-16)22-10-3-1-2-8-20-9-11-22/h4-7,12-14,20H,1-3,8-11H2. The van der Waals surface area contributed by atoms with Crippen LogP contribution in [0.3, 0.4) is 0 Å². The van der Waals surface area contributed by atoms with Gasteiger partial charge in [0, 0.05) is 31.4 Å². The molecule has 2 heterocycles. The summed E-state index contributed by atoms with van der Waals surface area (Å²) < 4.78 is 13.1. The Labute approximate surface area is 131 Å². The summed E-state index contributed by atoms with van der Waals surface area (Å²) in [4.78, 5) is 6.77. The SMILES string of the molecule is Fc1ccc(-c2cncc(N3CCCCCNCC3)c2)cc1. The molecule has 0 unspecified atom stereocenters. The summed E-state index contributed by atoms with van der Waals surface area (Å²) in [5.41, 5.74) is 3.17. The molecular weight excluding hydrogens is 277 g/mol. The lowest BCUT2D eigenvalue weighted by Crippen LogP contribution is -2.32. The molecule has 0 saturated carbocycles. The zero-order chi connectivity index (χ0) is 15.2. The molecule has 0 radical (unpaired) electrons. The summed E-state index contributed by atoms with van der Waals surface area (Å²) in [6.45, 7) is 4.17. The van der Waals surface area contributed by atoms with Gasteiger partial charge in [-0.3, -0.25) is 4.98 Å². The number of hydrogen-bond acceptors (Lipinski definition) is 3. The first-order valence-electron chi connectivity index (χ1n) is 7.99. The zero-order valence-corrected chi connectivity index (χ0v) is 12.8. The number of pyridine rings is 1. The molecule has 3 nitrogen and oxygen atoms in total. The summed E-state index contributed by atoms with van der Waals surface area (Å²) in [7, 11) is 0. The van der Waals surface area contributed by atoms with Crippen molar-refractivity contribution in [2.75, 3.05) is 31.1 Å². The molecule has 0 bridgehead atoms. The van der Waals surface area contributed by atoms with E-state index in [2.05, 4.69) is 21.3 Å². The Kier molecular flexibility index (Phi) is 5.01. The minimum atomic E-state index is -0.209. The van der Waals surface area contributed by atoms with Gasteiger partial charge < -0.3 is 10.2 Å². The van der Waals surface area contributed by atoms with Crippen molar-refractivity contribution in [1.29, 1.82) is 0 Å². The lowest BCUT2D eigenvalue weighted by molar-refractivity contribution is 0.628. The average molecular weight is 299 g/mol. The summed E-state index contributed by atoms with van der Waals surface area (Å²) in [6, 6.07) is 8.74. The molecule has 4 heteroatoms. The second-order valence-corrected chi connectivity index (χ2v) is 5.74. The Morgan fingerprint density at radius 1 is 0.909 bits per heavy atom. The van der Waals surface area contributed by atoms with Crippen LogP contribution in [-0.2, 0) is 0 Å². The fourth-order valence-electron chi connectivity index (χ4n) is 2.84. The van der Waals surface area contributed by atoms with Crippen LogP contribution in [0.2, 0.25) is 0 Å². The van der Waals surface area contributed by atoms with Crippen LogP contribution in [0.1, 0.15) is 19.3 Å². The monoisotopic (exact) mass is 299 g/mol. The molecule has 1 aliphatic rings. The highest BCUT2D eigenvalue weighted by Crippen LogP contribution is 2.24. The van der Waals surface area contributed by atoms with E-state index >= 15 is 0 Å². The number of hydrogen-bond donors (Lipinski definition) is 1. The van der Waals surface area contributed by atoms with Crippen molar-refractivity contribution < 1.29 is 4.39 Å². The van der Waals surface area contributed by atoms with Gasteiger partial charge in [0.15, 0.2) is 0 Å². The molecular formula is C18H22FN3. The molecule has 0 aliphatic carbocycles. The van der Waals surface area contributed by atoms with Gasteiger partial charge in [-0.05, 0) is 43.1 Å². The number of aromatic nitrogens is 1. The van der Waals surface area contributed by atoms with E-state index in [1.165, 1.54) is 31.4 Å². The lowest BCUT2D eigenvalue weighted by atomic mass is 10.1. The molecule has 2 aromatic rings. The first-order chi connectivity index (χ1) is 10.8. The molecule has 0 atom stereocenters. The van der Waals surface area contributed by atoms with Crippen molar-refractivity contribution in [2.24, 2.45) is 0 Å². The highest BCUT2D eigenvalue weighted by molar-refractivity contribution is 5.67. The number of benzene rings is 1. The number of rotatable bonds is 2. The normalized spacial score (nSPS) is 16.7. The maximum atomic E-state index is 13.1. The van der Waals surface area contributed by atoms with Gasteiger partial charge in [-0.2, -0.15) is 0 Å². The number of anilines is 1. The fraction of sp³-hybridized carbons (Fsp3) is 0.389. The molecule has 0 amide bonds. The van der Waals surface area contributed by atoms with Crippen molar-refractivity contribution in [3.8, 4) is 11.1 Å². The summed E-state index contributed by atoms with van der Waals surface area (Å²) in [6.07, 6.45) is 7.48. The van der Waals surface area contributed by atoms with Gasteiger partial charge in [0.05, 0.1) is 11.9 Å². The van der Waals surface area contributed by atoms with Crippen molar-refractivity contribution in [3.63, 3.8) is 0 Å². The lowest BCUT2D eigenvalue weighted by Gasteiger charge is -2.24. The average Bonchev–Trinajstić information content (AvgIpc) is 2.69. The summed E-state index contributed by atoms with van der Waals surface area (Å²) >= 11 is 0. The van der Waals surface area contributed by atoms with Crippen LogP contribution >= 0.6 is 0 Å². The first kappa shape index (κ1) is 15.0. The van der Waals surface area contributed by atoms with Gasteiger partial charge in [-0.15, -0.1) is 0 Å². The minimum Gasteiger partial charge on any atom is -0.369 e. The number of halogens is 1. The van der Waals surface area contributed by atoms with E-state index in [1.807, 2.05) is 12.4 Å². The molecule has 1 aromatic heterocycles. The van der Waals surface area contributed by atoms with Crippen molar-refractivity contribution in [3.05, 3.63) is 48.5 Å². The summed E-state index contributed by atoms with van der Waals surface area (Å²) in [5, 5.41) is 3.48. The maximum absolute atomic E-state index is 13.1. The Morgan fingerprint density at radius 3 is 2.64 bits per heavy atom. The van der Waals surface area contributed by atoms with E-state index < -0.39 is 0 Å². The van der Waals surface area contributed by atoms with E-state index in [4.69, 9.17) is 0 Å². The maximum Gasteiger partial charge on any atom is 0.123 e. The molecule has 1 aliphatic heterocycles. The molecule has 0 spiro atoms. The Balaban J connectivity index is 1.81. The zero-order valence-electron chi connectivity index (χ0n) is 12.8. The topological polar surface area (TPSA) is 28.2 Å². The molecule has 3 rings (SSSR count). The van der Waals surface area contributed by atoms with Gasteiger partial charge in [-0.1, -0.05) is 18.6 Å². The van der Waals surface area contributed by atoms with E-state index in [1.54, 1.807) is 12.1 Å². The van der Waals surface area contributed by atoms with Gasteiger partial charge in [-0.25, -0.2) is 4.39 Å². The minimum absolute atomic E-state index is 0.209. The third-order valence-electron chi connectivity index (χ3n) is 4.11. The van der Waals surface area contributed by atoms with Crippen LogP contribution in [0, 0.1) is 5.82 Å². The van der Waals surface area contributed by atoms with E-state index in [0.29, 0.717) is 0 Å². The Bertz CT molecular complexity index is 588. The van der Waals surface area contributed by atoms with E-state index in [-0.39, 0.29) is 5.82 Å².